The maximum Gasteiger partial charge on any atom is 0.279 e. The molecule has 1 atom stereocenters. The fraction of sp³-hybridized carbons (Fsp3) is 0.0625. The first kappa shape index (κ1) is 16.7. The standard InChI is InChI=1S/C16H13FO5S/c1-23(17,20)22-15-5-2-12(3-6-15)11-21-16-7-4-13(9-18)8-14(16)10-19/h2-10H,1,11H2. The van der Waals surface area contributed by atoms with E-state index in [4.69, 9.17) is 4.74 Å². The fourth-order valence-corrected chi connectivity index (χ4v) is 2.21. The Labute approximate surface area is 133 Å². The molecule has 0 aromatic heterocycles. The molecule has 0 aliphatic heterocycles. The molecule has 0 spiro atoms. The van der Waals surface area contributed by atoms with Gasteiger partial charge in [0.15, 0.2) is 6.29 Å². The van der Waals surface area contributed by atoms with Gasteiger partial charge >= 0.3 is 0 Å². The molecule has 0 amide bonds. The summed E-state index contributed by atoms with van der Waals surface area (Å²) in [6, 6.07) is 10.6. The van der Waals surface area contributed by atoms with Gasteiger partial charge in [0.25, 0.3) is 10.2 Å². The van der Waals surface area contributed by atoms with Crippen LogP contribution in [0.1, 0.15) is 26.3 Å². The van der Waals surface area contributed by atoms with E-state index >= 15 is 0 Å². The Morgan fingerprint density at radius 2 is 1.78 bits per heavy atom. The van der Waals surface area contributed by atoms with Crippen molar-refractivity contribution in [1.82, 2.24) is 0 Å². The van der Waals surface area contributed by atoms with Crippen LogP contribution >= 0.6 is 0 Å². The first-order valence-corrected chi connectivity index (χ1v) is 7.99. The Balaban J connectivity index is 2.06. The minimum Gasteiger partial charge on any atom is -0.488 e. The highest BCUT2D eigenvalue weighted by atomic mass is 32.3. The summed E-state index contributed by atoms with van der Waals surface area (Å²) in [5.41, 5.74) is 1.37. The van der Waals surface area contributed by atoms with Crippen LogP contribution in [0.3, 0.4) is 0 Å². The molecule has 0 radical (unpaired) electrons. The summed E-state index contributed by atoms with van der Waals surface area (Å²) in [6.07, 6.45) is 1.24. The summed E-state index contributed by atoms with van der Waals surface area (Å²) in [5, 5.41) is 0. The van der Waals surface area contributed by atoms with Gasteiger partial charge in [0.05, 0.1) is 5.56 Å². The second kappa shape index (κ2) is 7.06. The van der Waals surface area contributed by atoms with Gasteiger partial charge in [-0.25, -0.2) is 0 Å². The fourth-order valence-electron chi connectivity index (χ4n) is 1.81. The lowest BCUT2D eigenvalue weighted by molar-refractivity contribution is 0.111. The molecule has 2 aromatic rings. The monoisotopic (exact) mass is 336 g/mol. The molecular weight excluding hydrogens is 323 g/mol. The third-order valence-corrected chi connectivity index (χ3v) is 3.28. The van der Waals surface area contributed by atoms with Gasteiger partial charge in [-0.2, -0.15) is 4.21 Å². The molecular formula is C16H13FO5S. The second-order valence-electron chi connectivity index (χ2n) is 4.59. The van der Waals surface area contributed by atoms with Gasteiger partial charge in [-0.1, -0.05) is 12.1 Å². The van der Waals surface area contributed by atoms with Gasteiger partial charge < -0.3 is 8.92 Å². The van der Waals surface area contributed by atoms with Gasteiger partial charge in [-0.3, -0.25) is 9.59 Å². The zero-order valence-electron chi connectivity index (χ0n) is 11.9. The van der Waals surface area contributed by atoms with E-state index in [1.807, 2.05) is 0 Å². The van der Waals surface area contributed by atoms with Crippen LogP contribution in [-0.4, -0.2) is 22.7 Å². The highest BCUT2D eigenvalue weighted by molar-refractivity contribution is 7.91. The minimum absolute atomic E-state index is 0.0835. The Morgan fingerprint density at radius 1 is 1.09 bits per heavy atom. The molecule has 0 aliphatic rings. The number of halogens is 1. The van der Waals surface area contributed by atoms with Crippen molar-refractivity contribution < 1.29 is 26.6 Å². The Hall–Kier alpha value is -2.67. The van der Waals surface area contributed by atoms with Crippen LogP contribution in [0.4, 0.5) is 3.89 Å². The smallest absolute Gasteiger partial charge is 0.279 e. The molecule has 0 saturated heterocycles. The van der Waals surface area contributed by atoms with Crippen LogP contribution in [0.2, 0.25) is 0 Å². The first-order chi connectivity index (χ1) is 10.9. The molecule has 0 saturated carbocycles. The van der Waals surface area contributed by atoms with Crippen LogP contribution in [0.15, 0.2) is 42.5 Å². The summed E-state index contributed by atoms with van der Waals surface area (Å²) in [6.45, 7) is 0.150. The van der Waals surface area contributed by atoms with Crippen LogP contribution in [0, 0.1) is 0 Å². The van der Waals surface area contributed by atoms with Gasteiger partial charge in [0, 0.05) is 11.4 Å². The topological polar surface area (TPSA) is 69.7 Å². The third kappa shape index (κ3) is 4.93. The summed E-state index contributed by atoms with van der Waals surface area (Å²) >= 11 is 0. The predicted molar refractivity (Wildman–Crippen MR) is 85.0 cm³/mol. The number of aldehydes is 2. The Morgan fingerprint density at radius 3 is 2.35 bits per heavy atom. The van der Waals surface area contributed by atoms with E-state index in [2.05, 4.69) is 10.1 Å². The van der Waals surface area contributed by atoms with Gasteiger partial charge in [0.1, 0.15) is 24.4 Å². The number of rotatable bonds is 7. The van der Waals surface area contributed by atoms with E-state index in [1.54, 1.807) is 18.2 Å². The highest BCUT2D eigenvalue weighted by Crippen LogP contribution is 2.20. The largest absolute Gasteiger partial charge is 0.488 e. The zero-order chi connectivity index (χ0) is 16.9. The van der Waals surface area contributed by atoms with E-state index in [-0.39, 0.29) is 17.9 Å². The molecule has 0 N–H and O–H groups in total. The Kier molecular flexibility index (Phi) is 5.13. The molecule has 2 rings (SSSR count). The van der Waals surface area contributed by atoms with Crippen molar-refractivity contribution >= 4 is 28.6 Å². The van der Waals surface area contributed by atoms with Crippen molar-refractivity contribution in [3.05, 3.63) is 59.2 Å². The highest BCUT2D eigenvalue weighted by Gasteiger charge is 2.06. The normalized spacial score (nSPS) is 12.9. The lowest BCUT2D eigenvalue weighted by Gasteiger charge is -2.09. The van der Waals surface area contributed by atoms with Gasteiger partial charge in [0.2, 0.25) is 0 Å². The lowest BCUT2D eigenvalue weighted by atomic mass is 10.1. The van der Waals surface area contributed by atoms with Crippen molar-refractivity contribution in [2.75, 3.05) is 0 Å². The van der Waals surface area contributed by atoms with Gasteiger partial charge in [-0.05, 0) is 35.9 Å². The summed E-state index contributed by atoms with van der Waals surface area (Å²) < 4.78 is 33.6. The first-order valence-electron chi connectivity index (χ1n) is 6.43. The summed E-state index contributed by atoms with van der Waals surface area (Å²) in [5.74, 6) is 3.18. The Bertz CT molecular complexity index is 813. The molecule has 0 fully saturated rings. The van der Waals surface area contributed by atoms with Crippen molar-refractivity contribution in [2.24, 2.45) is 0 Å². The molecule has 2 aromatic carbocycles. The van der Waals surface area contributed by atoms with Crippen LogP contribution in [-0.2, 0) is 16.8 Å². The molecule has 0 aliphatic carbocycles. The molecule has 0 bridgehead atoms. The van der Waals surface area contributed by atoms with Crippen LogP contribution in [0.5, 0.6) is 11.5 Å². The number of carbonyl (C=O) groups is 2. The number of carbonyl (C=O) groups excluding carboxylic acids is 2. The summed E-state index contributed by atoms with van der Waals surface area (Å²) in [7, 11) is -4.06. The van der Waals surface area contributed by atoms with Crippen LogP contribution in [0.25, 0.3) is 0 Å². The predicted octanol–water partition coefficient (Wildman–Crippen LogP) is 2.79. The van der Waals surface area contributed by atoms with Crippen LogP contribution < -0.4 is 8.92 Å². The van der Waals surface area contributed by atoms with E-state index in [0.717, 1.165) is 5.56 Å². The zero-order valence-corrected chi connectivity index (χ0v) is 12.8. The SMILES string of the molecule is C=S(=O)(F)Oc1ccc(COc2ccc(C=O)cc2C=O)cc1. The van der Waals surface area contributed by atoms with E-state index in [1.165, 1.54) is 24.3 Å². The third-order valence-electron chi connectivity index (χ3n) is 2.84. The van der Waals surface area contributed by atoms with E-state index in [9.17, 15) is 17.7 Å². The number of hydrogen-bond donors (Lipinski definition) is 0. The van der Waals surface area contributed by atoms with Crippen molar-refractivity contribution in [3.63, 3.8) is 0 Å². The molecule has 7 heteroatoms. The molecule has 0 heterocycles. The molecule has 23 heavy (non-hydrogen) atoms. The molecule has 5 nitrogen and oxygen atoms in total. The minimum atomic E-state index is -4.06. The maximum atomic E-state index is 12.8. The summed E-state index contributed by atoms with van der Waals surface area (Å²) in [4.78, 5) is 21.7. The second-order valence-corrected chi connectivity index (χ2v) is 5.83. The molecule has 120 valence electrons. The van der Waals surface area contributed by atoms with Crippen molar-refractivity contribution in [1.29, 1.82) is 0 Å². The van der Waals surface area contributed by atoms with Crippen molar-refractivity contribution in [2.45, 2.75) is 6.61 Å². The number of hydrogen-bond acceptors (Lipinski definition) is 5. The lowest BCUT2D eigenvalue weighted by Crippen LogP contribution is -2.02. The quantitative estimate of drug-likeness (QED) is 0.442. The van der Waals surface area contributed by atoms with Crippen molar-refractivity contribution in [3.8, 4) is 11.5 Å². The number of ether oxygens (including phenoxy) is 1. The van der Waals surface area contributed by atoms with Gasteiger partial charge in [-0.15, -0.1) is 3.89 Å². The maximum absolute atomic E-state index is 12.8. The number of benzene rings is 2. The average Bonchev–Trinajstić information content (AvgIpc) is 2.52. The van der Waals surface area contributed by atoms with E-state index in [0.29, 0.717) is 23.9 Å². The van der Waals surface area contributed by atoms with E-state index < -0.39 is 10.2 Å². The average molecular weight is 336 g/mol. The molecule has 1 unspecified atom stereocenters.